The van der Waals surface area contributed by atoms with Crippen molar-refractivity contribution in [3.63, 3.8) is 0 Å². The summed E-state index contributed by atoms with van der Waals surface area (Å²) in [4.78, 5) is 0. The molecule has 1 atom stereocenters. The van der Waals surface area contributed by atoms with Gasteiger partial charge in [-0.15, -0.1) is 0 Å². The van der Waals surface area contributed by atoms with Gasteiger partial charge in [0.15, 0.2) is 0 Å². The molecule has 50 heavy (non-hydrogen) atoms. The average Bonchev–Trinajstić information content (AvgIpc) is 3.53. The average molecular weight is 660 g/mol. The summed E-state index contributed by atoms with van der Waals surface area (Å²) in [5.41, 5.74) is 17.1. The van der Waals surface area contributed by atoms with Crippen LogP contribution in [0.2, 0.25) is 0 Å². The molecule has 0 spiro atoms. The Morgan fingerprint density at radius 1 is 0.420 bits per heavy atom. The van der Waals surface area contributed by atoms with E-state index in [4.69, 9.17) is 0 Å². The molecule has 2 heteroatoms. The van der Waals surface area contributed by atoms with Crippen LogP contribution in [-0.2, 0) is 12.8 Å². The maximum Gasteiger partial charge on any atom is 0.0537 e. The highest BCUT2D eigenvalue weighted by molar-refractivity contribution is 7.56. The van der Waals surface area contributed by atoms with E-state index in [1.807, 2.05) is 0 Å². The molecule has 0 saturated heterocycles. The number of aromatic nitrogens is 1. The fraction of sp³-hybridized carbons (Fsp3) is 0.0833. The molecule has 6 aromatic carbocycles. The SMILES string of the molecule is C1=Cc2c(c3c(n2-c2ccccc2-c2ccccc2-c2ccccc2-c2ccccc2Pc2ccccc2-c2ccccc2)CCC=C3)CC1. The molecule has 0 radical (unpaired) electrons. The van der Waals surface area contributed by atoms with E-state index in [0.717, 1.165) is 25.7 Å². The Kier molecular flexibility index (Phi) is 8.21. The van der Waals surface area contributed by atoms with Crippen LogP contribution in [0.25, 0.3) is 62.3 Å². The van der Waals surface area contributed by atoms with Crippen LogP contribution in [0.3, 0.4) is 0 Å². The van der Waals surface area contributed by atoms with E-state index in [1.54, 1.807) is 0 Å². The molecule has 2 aliphatic rings. The zero-order valence-corrected chi connectivity index (χ0v) is 29.0. The summed E-state index contributed by atoms with van der Waals surface area (Å²) in [5.74, 6) is 0. The van der Waals surface area contributed by atoms with Crippen molar-refractivity contribution in [1.82, 2.24) is 4.57 Å². The van der Waals surface area contributed by atoms with Crippen LogP contribution in [0, 0.1) is 0 Å². The second-order valence-corrected chi connectivity index (χ2v) is 14.5. The summed E-state index contributed by atoms with van der Waals surface area (Å²) in [5, 5.41) is 2.71. The third kappa shape index (κ3) is 5.49. The van der Waals surface area contributed by atoms with Gasteiger partial charge in [0, 0.05) is 17.0 Å². The van der Waals surface area contributed by atoms with Crippen LogP contribution in [0.5, 0.6) is 0 Å². The molecular weight excluding hydrogens is 622 g/mol. The predicted octanol–water partition coefficient (Wildman–Crippen LogP) is 11.7. The minimum atomic E-state index is 0.522. The lowest BCUT2D eigenvalue weighted by Crippen LogP contribution is -2.09. The Morgan fingerprint density at radius 2 is 0.920 bits per heavy atom. The van der Waals surface area contributed by atoms with Crippen molar-refractivity contribution in [2.24, 2.45) is 0 Å². The van der Waals surface area contributed by atoms with Gasteiger partial charge in [0.05, 0.1) is 5.69 Å². The second kappa shape index (κ2) is 13.4. The molecule has 1 heterocycles. The molecule has 0 N–H and O–H groups in total. The van der Waals surface area contributed by atoms with Crippen molar-refractivity contribution in [3.05, 3.63) is 186 Å². The summed E-state index contributed by atoms with van der Waals surface area (Å²) in [6.07, 6.45) is 13.8. The maximum atomic E-state index is 2.57. The van der Waals surface area contributed by atoms with Crippen molar-refractivity contribution in [3.8, 4) is 50.2 Å². The number of nitrogens with zero attached hydrogens (tertiary/aromatic N) is 1. The number of hydrogen-bond donors (Lipinski definition) is 0. The van der Waals surface area contributed by atoms with Gasteiger partial charge in [-0.1, -0.05) is 172 Å². The first-order valence-corrected chi connectivity index (χ1v) is 18.7. The van der Waals surface area contributed by atoms with Crippen molar-refractivity contribution in [1.29, 1.82) is 0 Å². The molecule has 1 aromatic heterocycles. The Balaban J connectivity index is 1.18. The number of allylic oxidation sites excluding steroid dienone is 2. The highest BCUT2D eigenvalue weighted by Crippen LogP contribution is 2.43. The van der Waals surface area contributed by atoms with Crippen molar-refractivity contribution < 1.29 is 0 Å². The Hall–Kier alpha value is -5.49. The number of fused-ring (bicyclic) bond motifs is 3. The first kappa shape index (κ1) is 30.6. The molecule has 0 amide bonds. The highest BCUT2D eigenvalue weighted by atomic mass is 31.1. The smallest absolute Gasteiger partial charge is 0.0537 e. The van der Waals surface area contributed by atoms with Gasteiger partial charge in [-0.05, 0) is 98.5 Å². The van der Waals surface area contributed by atoms with Gasteiger partial charge in [-0.2, -0.15) is 0 Å². The normalized spacial score (nSPS) is 13.4. The lowest BCUT2D eigenvalue weighted by Gasteiger charge is -2.21. The van der Waals surface area contributed by atoms with Gasteiger partial charge in [0.25, 0.3) is 0 Å². The van der Waals surface area contributed by atoms with Gasteiger partial charge >= 0.3 is 0 Å². The standard InChI is InChI=1S/C48H38NP/c1-2-18-34(19-3-1)35-20-11-16-32-47(35)50-48-33-17-12-28-43(48)39-24-7-5-22-37(39)36-21-4-6-23-38(36)40-25-8-13-29-44(40)49-45-30-14-9-26-41(45)42-27-10-15-31-46(42)49/h1-9,11-13,15-26,28-29,31-33,50H,10,14,27,30H2. The monoisotopic (exact) mass is 659 g/mol. The van der Waals surface area contributed by atoms with Crippen molar-refractivity contribution in [2.45, 2.75) is 25.7 Å². The van der Waals surface area contributed by atoms with E-state index in [-0.39, 0.29) is 0 Å². The summed E-state index contributed by atoms with van der Waals surface area (Å²) in [6, 6.07) is 55.7. The highest BCUT2D eigenvalue weighted by Gasteiger charge is 2.25. The minimum absolute atomic E-state index is 0.522. The fourth-order valence-electron chi connectivity index (χ4n) is 7.95. The van der Waals surface area contributed by atoms with E-state index in [2.05, 4.69) is 181 Å². The first-order chi connectivity index (χ1) is 24.8. The molecule has 1 unspecified atom stereocenters. The van der Waals surface area contributed by atoms with Gasteiger partial charge in [-0.3, -0.25) is 0 Å². The van der Waals surface area contributed by atoms with Gasteiger partial charge in [0.1, 0.15) is 0 Å². The van der Waals surface area contributed by atoms with E-state index >= 15 is 0 Å². The molecule has 0 bridgehead atoms. The first-order valence-electron chi connectivity index (χ1n) is 17.7. The lowest BCUT2D eigenvalue weighted by molar-refractivity contribution is 0.869. The number of benzene rings is 6. The molecule has 1 nitrogen and oxygen atoms in total. The third-order valence-electron chi connectivity index (χ3n) is 10.2. The number of para-hydroxylation sites is 1. The summed E-state index contributed by atoms with van der Waals surface area (Å²) in [7, 11) is 0.522. The van der Waals surface area contributed by atoms with Crippen molar-refractivity contribution in [2.75, 3.05) is 0 Å². The molecule has 0 saturated carbocycles. The fourth-order valence-corrected chi connectivity index (χ4v) is 9.31. The Morgan fingerprint density at radius 3 is 1.64 bits per heavy atom. The van der Waals surface area contributed by atoms with Gasteiger partial charge in [-0.25, -0.2) is 0 Å². The zero-order chi connectivity index (χ0) is 33.3. The third-order valence-corrected chi connectivity index (χ3v) is 11.6. The van der Waals surface area contributed by atoms with E-state index in [0.29, 0.717) is 8.58 Å². The molecule has 7 aromatic rings. The maximum absolute atomic E-state index is 2.57. The number of hydrogen-bond acceptors (Lipinski definition) is 0. The second-order valence-electron chi connectivity index (χ2n) is 13.1. The van der Waals surface area contributed by atoms with Crippen LogP contribution < -0.4 is 10.6 Å². The predicted molar refractivity (Wildman–Crippen MR) is 216 cm³/mol. The summed E-state index contributed by atoms with van der Waals surface area (Å²) < 4.78 is 2.57. The van der Waals surface area contributed by atoms with Crippen LogP contribution in [0.1, 0.15) is 35.4 Å². The van der Waals surface area contributed by atoms with Crippen molar-refractivity contribution >= 4 is 31.3 Å². The van der Waals surface area contributed by atoms with E-state index < -0.39 is 0 Å². The molecule has 0 fully saturated rings. The molecule has 9 rings (SSSR count). The molecule has 2 aliphatic carbocycles. The quantitative estimate of drug-likeness (QED) is 0.150. The van der Waals surface area contributed by atoms with Gasteiger partial charge in [0.2, 0.25) is 0 Å². The van der Waals surface area contributed by atoms with E-state index in [1.165, 1.54) is 83.3 Å². The van der Waals surface area contributed by atoms with Gasteiger partial charge < -0.3 is 4.57 Å². The molecule has 240 valence electrons. The topological polar surface area (TPSA) is 4.93 Å². The van der Waals surface area contributed by atoms with Crippen LogP contribution in [0.15, 0.2) is 164 Å². The van der Waals surface area contributed by atoms with Crippen LogP contribution in [-0.4, -0.2) is 4.57 Å². The summed E-state index contributed by atoms with van der Waals surface area (Å²) >= 11 is 0. The summed E-state index contributed by atoms with van der Waals surface area (Å²) in [6.45, 7) is 0. The van der Waals surface area contributed by atoms with Crippen LogP contribution in [0.4, 0.5) is 0 Å². The van der Waals surface area contributed by atoms with E-state index in [9.17, 15) is 0 Å². The Labute approximate surface area is 297 Å². The van der Waals surface area contributed by atoms with Crippen LogP contribution >= 0.6 is 8.58 Å². The largest absolute Gasteiger partial charge is 0.313 e. The molecule has 0 aliphatic heterocycles. The molecular formula is C48H38NP. The lowest BCUT2D eigenvalue weighted by atomic mass is 9.89. The zero-order valence-electron chi connectivity index (χ0n) is 28.0. The minimum Gasteiger partial charge on any atom is -0.313 e. The Bertz CT molecular complexity index is 2410. The number of rotatable bonds is 7.